The molecule has 1 aliphatic heterocycles. The number of imidazole rings is 1. The van der Waals surface area contributed by atoms with Gasteiger partial charge in [-0.05, 0) is 62.0 Å². The van der Waals surface area contributed by atoms with Crippen LogP contribution in [-0.2, 0) is 6.54 Å². The lowest BCUT2D eigenvalue weighted by Crippen LogP contribution is -2.42. The Morgan fingerprint density at radius 2 is 1.78 bits per heavy atom. The summed E-state index contributed by atoms with van der Waals surface area (Å²) in [7, 11) is 0. The van der Waals surface area contributed by atoms with Crippen LogP contribution in [0.3, 0.4) is 0 Å². The van der Waals surface area contributed by atoms with Crippen molar-refractivity contribution >= 4 is 11.0 Å². The summed E-state index contributed by atoms with van der Waals surface area (Å²) in [6.45, 7) is 3.65. The smallest absolute Gasteiger partial charge is 0.121 e. The van der Waals surface area contributed by atoms with E-state index < -0.39 is 0 Å². The molecule has 0 radical (unpaired) electrons. The molecule has 1 aromatic heterocycles. The molecule has 0 aliphatic carbocycles. The monoisotopic (exact) mass is 365 g/mol. The fourth-order valence-electron chi connectivity index (χ4n) is 3.87. The first-order valence-electron chi connectivity index (χ1n) is 9.71. The topological polar surface area (TPSA) is 61.4 Å². The first kappa shape index (κ1) is 18.0. The van der Waals surface area contributed by atoms with E-state index in [-0.39, 0.29) is 12.0 Å². The normalized spacial score (nSPS) is 17.2. The molecular formula is C22H27N3O2. The molecule has 1 saturated heterocycles. The molecule has 0 bridgehead atoms. The van der Waals surface area contributed by atoms with Gasteiger partial charge in [-0.25, -0.2) is 4.98 Å². The predicted octanol–water partition coefficient (Wildman–Crippen LogP) is 3.61. The van der Waals surface area contributed by atoms with Crippen molar-refractivity contribution in [2.45, 2.75) is 25.8 Å². The lowest BCUT2D eigenvalue weighted by Gasteiger charge is -2.40. The standard InChI is InChI=1S/C22H27N3O2/c26-17-22(12-15-27-18-6-2-1-3-7-18)10-13-25(14-11-22)16-21-23-19-8-4-5-9-20(19)24-21/h1-9,26H,10-17H2,(H,23,24). The number of aromatic nitrogens is 2. The number of hydrogen-bond acceptors (Lipinski definition) is 4. The second kappa shape index (κ2) is 8.11. The molecule has 2 aromatic carbocycles. The van der Waals surface area contributed by atoms with Gasteiger partial charge in [0.1, 0.15) is 11.6 Å². The van der Waals surface area contributed by atoms with Gasteiger partial charge in [0.25, 0.3) is 0 Å². The summed E-state index contributed by atoms with van der Waals surface area (Å²) in [5, 5.41) is 10.0. The number of H-pyrrole nitrogens is 1. The molecule has 4 rings (SSSR count). The Balaban J connectivity index is 1.29. The van der Waals surface area contributed by atoms with Crippen molar-refractivity contribution < 1.29 is 9.84 Å². The number of para-hydroxylation sites is 3. The van der Waals surface area contributed by atoms with Crippen LogP contribution in [0.2, 0.25) is 0 Å². The Labute approximate surface area is 160 Å². The number of aliphatic hydroxyl groups excluding tert-OH is 1. The molecule has 0 spiro atoms. The number of hydrogen-bond donors (Lipinski definition) is 2. The molecule has 27 heavy (non-hydrogen) atoms. The molecule has 1 fully saturated rings. The van der Waals surface area contributed by atoms with Gasteiger partial charge in [0, 0.05) is 6.61 Å². The highest BCUT2D eigenvalue weighted by Gasteiger charge is 2.34. The van der Waals surface area contributed by atoms with Gasteiger partial charge in [-0.2, -0.15) is 0 Å². The Bertz CT molecular complexity index is 821. The number of aliphatic hydroxyl groups is 1. The molecule has 0 saturated carbocycles. The number of nitrogens with zero attached hydrogens (tertiary/aromatic N) is 2. The summed E-state index contributed by atoms with van der Waals surface area (Å²) >= 11 is 0. The van der Waals surface area contributed by atoms with Crippen LogP contribution in [0.4, 0.5) is 0 Å². The van der Waals surface area contributed by atoms with Gasteiger partial charge in [-0.1, -0.05) is 30.3 Å². The van der Waals surface area contributed by atoms with E-state index in [2.05, 4.69) is 20.9 Å². The van der Waals surface area contributed by atoms with Crippen LogP contribution >= 0.6 is 0 Å². The van der Waals surface area contributed by atoms with E-state index >= 15 is 0 Å². The molecule has 5 heteroatoms. The van der Waals surface area contributed by atoms with E-state index in [0.717, 1.165) is 61.5 Å². The second-order valence-electron chi connectivity index (χ2n) is 7.55. The van der Waals surface area contributed by atoms with E-state index in [1.165, 1.54) is 0 Å². The third-order valence-electron chi connectivity index (χ3n) is 5.71. The van der Waals surface area contributed by atoms with E-state index in [1.807, 2.05) is 48.5 Å². The maximum absolute atomic E-state index is 10.0. The number of rotatable bonds is 7. The average Bonchev–Trinajstić information content (AvgIpc) is 3.13. The lowest BCUT2D eigenvalue weighted by atomic mass is 9.76. The van der Waals surface area contributed by atoms with Crippen molar-refractivity contribution in [1.82, 2.24) is 14.9 Å². The summed E-state index contributed by atoms with van der Waals surface area (Å²) < 4.78 is 5.85. The summed E-state index contributed by atoms with van der Waals surface area (Å²) in [6, 6.07) is 18.0. The Kier molecular flexibility index (Phi) is 5.41. The van der Waals surface area contributed by atoms with Crippen LogP contribution in [0.25, 0.3) is 11.0 Å². The number of nitrogens with one attached hydrogen (secondary N) is 1. The number of aromatic amines is 1. The fourth-order valence-corrected chi connectivity index (χ4v) is 3.87. The molecule has 2 N–H and O–H groups in total. The SMILES string of the molecule is OCC1(CCOc2ccccc2)CCN(Cc2nc3ccccc3[nH]2)CC1. The fraction of sp³-hybridized carbons (Fsp3) is 0.409. The van der Waals surface area contributed by atoms with Crippen LogP contribution in [-0.4, -0.2) is 46.3 Å². The molecule has 0 unspecified atom stereocenters. The van der Waals surface area contributed by atoms with Crippen molar-refractivity contribution in [3.8, 4) is 5.75 Å². The second-order valence-corrected chi connectivity index (χ2v) is 7.55. The molecule has 142 valence electrons. The van der Waals surface area contributed by atoms with Gasteiger partial charge < -0.3 is 14.8 Å². The summed E-state index contributed by atoms with van der Waals surface area (Å²) in [5.41, 5.74) is 2.08. The molecule has 0 amide bonds. The largest absolute Gasteiger partial charge is 0.494 e. The van der Waals surface area contributed by atoms with E-state index in [0.29, 0.717) is 6.61 Å². The number of piperidine rings is 1. The van der Waals surface area contributed by atoms with Gasteiger partial charge in [-0.15, -0.1) is 0 Å². The Morgan fingerprint density at radius 1 is 1.04 bits per heavy atom. The zero-order valence-corrected chi connectivity index (χ0v) is 15.6. The predicted molar refractivity (Wildman–Crippen MR) is 107 cm³/mol. The minimum absolute atomic E-state index is 0.0286. The first-order chi connectivity index (χ1) is 13.3. The summed E-state index contributed by atoms with van der Waals surface area (Å²) in [4.78, 5) is 10.5. The van der Waals surface area contributed by atoms with Crippen molar-refractivity contribution in [2.75, 3.05) is 26.3 Å². The van der Waals surface area contributed by atoms with Crippen LogP contribution < -0.4 is 4.74 Å². The quantitative estimate of drug-likeness (QED) is 0.671. The van der Waals surface area contributed by atoms with Crippen LogP contribution in [0, 0.1) is 5.41 Å². The highest BCUT2D eigenvalue weighted by Crippen LogP contribution is 2.35. The van der Waals surface area contributed by atoms with Gasteiger partial charge in [0.2, 0.25) is 0 Å². The highest BCUT2D eigenvalue weighted by molar-refractivity contribution is 5.74. The zero-order chi connectivity index (χ0) is 18.5. The van der Waals surface area contributed by atoms with Crippen LogP contribution in [0.15, 0.2) is 54.6 Å². The maximum atomic E-state index is 10.0. The number of fused-ring (bicyclic) bond motifs is 1. The zero-order valence-electron chi connectivity index (χ0n) is 15.6. The third-order valence-corrected chi connectivity index (χ3v) is 5.71. The Hall–Kier alpha value is -2.37. The molecule has 5 nitrogen and oxygen atoms in total. The van der Waals surface area contributed by atoms with E-state index in [4.69, 9.17) is 4.74 Å². The number of benzene rings is 2. The lowest BCUT2D eigenvalue weighted by molar-refractivity contribution is 0.0237. The van der Waals surface area contributed by atoms with Crippen LogP contribution in [0.5, 0.6) is 5.75 Å². The van der Waals surface area contributed by atoms with Crippen molar-refractivity contribution in [3.05, 3.63) is 60.4 Å². The molecule has 1 aliphatic rings. The third kappa shape index (κ3) is 4.31. The minimum atomic E-state index is -0.0286. The number of ether oxygens (including phenoxy) is 1. The van der Waals surface area contributed by atoms with E-state index in [9.17, 15) is 5.11 Å². The summed E-state index contributed by atoms with van der Waals surface area (Å²) in [6.07, 6.45) is 2.86. The van der Waals surface area contributed by atoms with Crippen molar-refractivity contribution in [3.63, 3.8) is 0 Å². The van der Waals surface area contributed by atoms with Crippen molar-refractivity contribution in [1.29, 1.82) is 0 Å². The summed E-state index contributed by atoms with van der Waals surface area (Å²) in [5.74, 6) is 1.91. The highest BCUT2D eigenvalue weighted by atomic mass is 16.5. The van der Waals surface area contributed by atoms with Crippen molar-refractivity contribution in [2.24, 2.45) is 5.41 Å². The molecule has 2 heterocycles. The van der Waals surface area contributed by atoms with Crippen LogP contribution in [0.1, 0.15) is 25.1 Å². The Morgan fingerprint density at radius 3 is 2.52 bits per heavy atom. The van der Waals surface area contributed by atoms with Gasteiger partial charge >= 0.3 is 0 Å². The first-order valence-corrected chi connectivity index (χ1v) is 9.71. The minimum Gasteiger partial charge on any atom is -0.494 e. The van der Waals surface area contributed by atoms with Gasteiger partial charge in [-0.3, -0.25) is 4.90 Å². The van der Waals surface area contributed by atoms with E-state index in [1.54, 1.807) is 0 Å². The molecule has 3 aromatic rings. The number of likely N-dealkylation sites (tertiary alicyclic amines) is 1. The maximum Gasteiger partial charge on any atom is 0.121 e. The van der Waals surface area contributed by atoms with Gasteiger partial charge in [0.05, 0.1) is 24.2 Å². The molecular weight excluding hydrogens is 338 g/mol. The van der Waals surface area contributed by atoms with Gasteiger partial charge in [0.15, 0.2) is 0 Å². The molecule has 0 atom stereocenters. The average molecular weight is 365 g/mol.